The Labute approximate surface area is 155 Å². The molecule has 2 aromatic rings. The Hall–Kier alpha value is -1.06. The molecule has 0 saturated heterocycles. The van der Waals surface area contributed by atoms with Gasteiger partial charge in [-0.25, -0.2) is 0 Å². The summed E-state index contributed by atoms with van der Waals surface area (Å²) >= 11 is 2.71. The van der Waals surface area contributed by atoms with Crippen LogP contribution >= 0.6 is 23.5 Å². The average molecular weight is 383 g/mol. The van der Waals surface area contributed by atoms with Gasteiger partial charge < -0.3 is 25.5 Å². The molecule has 0 spiro atoms. The summed E-state index contributed by atoms with van der Waals surface area (Å²) in [6.45, 7) is -0.701. The third-order valence-electron chi connectivity index (χ3n) is 3.55. The number of hydrogen-bond acceptors (Lipinski definition) is 7. The van der Waals surface area contributed by atoms with Gasteiger partial charge in [0.2, 0.25) is 0 Å². The monoisotopic (exact) mass is 382 g/mol. The van der Waals surface area contributed by atoms with E-state index in [-0.39, 0.29) is 0 Å². The van der Waals surface area contributed by atoms with Crippen LogP contribution in [0.25, 0.3) is 0 Å². The zero-order chi connectivity index (χ0) is 18.2. The highest BCUT2D eigenvalue weighted by molar-refractivity contribution is 8.17. The van der Waals surface area contributed by atoms with E-state index in [4.69, 9.17) is 5.11 Å². The van der Waals surface area contributed by atoms with Gasteiger partial charge in [0.15, 0.2) is 0 Å². The Morgan fingerprint density at radius 1 is 0.640 bits per heavy atom. The largest absolute Gasteiger partial charge is 0.394 e. The van der Waals surface area contributed by atoms with Crippen molar-refractivity contribution in [3.63, 3.8) is 0 Å². The molecule has 136 valence electrons. The molecule has 4 atom stereocenters. The summed E-state index contributed by atoms with van der Waals surface area (Å²) in [5.41, 5.74) is 0. The van der Waals surface area contributed by atoms with E-state index in [1.165, 1.54) is 23.5 Å². The Kier molecular flexibility index (Phi) is 8.25. The van der Waals surface area contributed by atoms with Crippen molar-refractivity contribution < 1.29 is 25.5 Å². The van der Waals surface area contributed by atoms with Gasteiger partial charge in [0.1, 0.15) is 24.4 Å². The van der Waals surface area contributed by atoms with Gasteiger partial charge in [-0.2, -0.15) is 0 Å². The summed E-state index contributed by atoms with van der Waals surface area (Å²) in [5, 5.41) is 49.1. The molecule has 0 amide bonds. The first kappa shape index (κ1) is 20.3. The highest BCUT2D eigenvalue weighted by Gasteiger charge is 2.35. The number of benzene rings is 2. The van der Waals surface area contributed by atoms with Gasteiger partial charge in [-0.1, -0.05) is 36.4 Å². The quantitative estimate of drug-likeness (QED) is 0.329. The normalized spacial score (nSPS) is 16.4. The molecule has 5 nitrogen and oxygen atoms in total. The molecule has 0 aromatic heterocycles. The molecule has 0 heterocycles. The van der Waals surface area contributed by atoms with Crippen molar-refractivity contribution in [1.29, 1.82) is 0 Å². The Morgan fingerprint density at radius 2 is 1.08 bits per heavy atom. The van der Waals surface area contributed by atoms with Crippen LogP contribution in [0.15, 0.2) is 70.5 Å². The molecule has 5 N–H and O–H groups in total. The minimum atomic E-state index is -1.64. The van der Waals surface area contributed by atoms with Gasteiger partial charge >= 0.3 is 0 Å². The van der Waals surface area contributed by atoms with Gasteiger partial charge in [0, 0.05) is 9.79 Å². The van der Waals surface area contributed by atoms with Crippen molar-refractivity contribution >= 4 is 23.5 Å². The average Bonchev–Trinajstić information content (AvgIpc) is 2.66. The first-order valence-corrected chi connectivity index (χ1v) is 9.55. The zero-order valence-electron chi connectivity index (χ0n) is 13.4. The van der Waals surface area contributed by atoms with E-state index < -0.39 is 35.6 Å². The van der Waals surface area contributed by atoms with E-state index in [1.54, 1.807) is 0 Å². The maximum Gasteiger partial charge on any atom is 0.111 e. The van der Waals surface area contributed by atoms with Crippen LogP contribution in [0.2, 0.25) is 0 Å². The number of thioether (sulfide) groups is 2. The highest BCUT2D eigenvalue weighted by Crippen LogP contribution is 2.38. The molecule has 0 unspecified atom stereocenters. The molecule has 0 bridgehead atoms. The van der Waals surface area contributed by atoms with Gasteiger partial charge in [-0.15, -0.1) is 23.5 Å². The fraction of sp³-hybridized carbons (Fsp3) is 0.333. The van der Waals surface area contributed by atoms with Gasteiger partial charge in [-0.05, 0) is 24.3 Å². The lowest BCUT2D eigenvalue weighted by atomic mass is 10.0. The van der Waals surface area contributed by atoms with E-state index in [0.29, 0.717) is 0 Å². The Bertz CT molecular complexity index is 572. The number of hydrogen-bond donors (Lipinski definition) is 5. The standard InChI is InChI=1S/C18H22O5S2/c19-11-14(20)15(21)16(22)17(23)18(24-12-7-3-1-4-8-12)25-13-9-5-2-6-10-13/h1-10,14-23H,11H2/t14-,15+,16+,17-/m1/s1. The minimum Gasteiger partial charge on any atom is -0.394 e. The van der Waals surface area contributed by atoms with Crippen LogP contribution in [-0.2, 0) is 0 Å². The second-order valence-corrected chi connectivity index (χ2v) is 8.18. The molecule has 0 aliphatic rings. The summed E-state index contributed by atoms with van der Waals surface area (Å²) < 4.78 is -0.527. The van der Waals surface area contributed by atoms with Crippen molar-refractivity contribution in [2.45, 2.75) is 38.8 Å². The van der Waals surface area contributed by atoms with Gasteiger partial charge in [0.05, 0.1) is 11.2 Å². The van der Waals surface area contributed by atoms with Crippen LogP contribution in [-0.4, -0.2) is 61.1 Å². The van der Waals surface area contributed by atoms with E-state index in [9.17, 15) is 20.4 Å². The summed E-state index contributed by atoms with van der Waals surface area (Å²) in [5.74, 6) is 0. The molecular weight excluding hydrogens is 360 g/mol. The molecule has 0 aliphatic heterocycles. The summed E-state index contributed by atoms with van der Waals surface area (Å²) in [6.07, 6.45) is -6.09. The van der Waals surface area contributed by atoms with E-state index >= 15 is 0 Å². The van der Waals surface area contributed by atoms with Crippen LogP contribution in [0.1, 0.15) is 0 Å². The molecule has 2 aromatic carbocycles. The maximum absolute atomic E-state index is 10.6. The zero-order valence-corrected chi connectivity index (χ0v) is 15.1. The molecule has 0 fully saturated rings. The first-order valence-electron chi connectivity index (χ1n) is 7.79. The minimum absolute atomic E-state index is 0.527. The van der Waals surface area contributed by atoms with Crippen molar-refractivity contribution in [2.24, 2.45) is 0 Å². The van der Waals surface area contributed by atoms with Crippen LogP contribution in [0.3, 0.4) is 0 Å². The van der Waals surface area contributed by atoms with Crippen molar-refractivity contribution in [1.82, 2.24) is 0 Å². The number of aliphatic hydroxyl groups excluding tert-OH is 5. The van der Waals surface area contributed by atoms with E-state index in [0.717, 1.165) is 9.79 Å². The predicted octanol–water partition coefficient (Wildman–Crippen LogP) is 1.33. The van der Waals surface area contributed by atoms with Crippen LogP contribution in [0, 0.1) is 0 Å². The molecule has 7 heteroatoms. The predicted molar refractivity (Wildman–Crippen MR) is 99.5 cm³/mol. The smallest absolute Gasteiger partial charge is 0.111 e. The fourth-order valence-corrected chi connectivity index (χ4v) is 4.75. The van der Waals surface area contributed by atoms with Crippen LogP contribution < -0.4 is 0 Å². The lowest BCUT2D eigenvalue weighted by Crippen LogP contribution is -2.48. The molecule has 2 rings (SSSR count). The number of aliphatic hydroxyl groups is 5. The Morgan fingerprint density at radius 3 is 1.48 bits per heavy atom. The third kappa shape index (κ3) is 6.00. The molecule has 0 radical (unpaired) electrons. The summed E-state index contributed by atoms with van der Waals surface area (Å²) in [4.78, 5) is 1.80. The lowest BCUT2D eigenvalue weighted by molar-refractivity contribution is -0.111. The van der Waals surface area contributed by atoms with Gasteiger partial charge in [0.25, 0.3) is 0 Å². The van der Waals surface area contributed by atoms with Crippen molar-refractivity contribution in [3.05, 3.63) is 60.7 Å². The van der Waals surface area contributed by atoms with Crippen molar-refractivity contribution in [2.75, 3.05) is 6.61 Å². The Balaban J connectivity index is 2.17. The molecule has 25 heavy (non-hydrogen) atoms. The van der Waals surface area contributed by atoms with Gasteiger partial charge in [-0.3, -0.25) is 0 Å². The second kappa shape index (κ2) is 10.2. The lowest BCUT2D eigenvalue weighted by Gasteiger charge is -2.30. The fourth-order valence-electron chi connectivity index (χ4n) is 2.13. The molecular formula is C18H22O5S2. The van der Waals surface area contributed by atoms with E-state index in [2.05, 4.69) is 0 Å². The first-order chi connectivity index (χ1) is 12.0. The maximum atomic E-state index is 10.6. The summed E-state index contributed by atoms with van der Waals surface area (Å²) in [7, 11) is 0. The second-order valence-electron chi connectivity index (χ2n) is 5.45. The van der Waals surface area contributed by atoms with Crippen LogP contribution in [0.4, 0.5) is 0 Å². The summed E-state index contributed by atoms with van der Waals surface area (Å²) in [6, 6.07) is 18.8. The van der Waals surface area contributed by atoms with Crippen molar-refractivity contribution in [3.8, 4) is 0 Å². The third-order valence-corrected chi connectivity index (χ3v) is 6.24. The van der Waals surface area contributed by atoms with E-state index in [1.807, 2.05) is 60.7 Å². The SMILES string of the molecule is OC[C@@H](O)[C@H](O)[C@H](O)[C@@H](O)C(Sc1ccccc1)Sc1ccccc1. The highest BCUT2D eigenvalue weighted by atomic mass is 32.2. The van der Waals surface area contributed by atoms with Crippen LogP contribution in [0.5, 0.6) is 0 Å². The topological polar surface area (TPSA) is 101 Å². The molecule has 0 aliphatic carbocycles. The number of rotatable bonds is 9. The molecule has 0 saturated carbocycles.